The molecule has 0 radical (unpaired) electrons. The number of urea groups is 1. The van der Waals surface area contributed by atoms with Crippen molar-refractivity contribution in [2.24, 2.45) is 13.0 Å². The van der Waals surface area contributed by atoms with E-state index in [2.05, 4.69) is 10.6 Å². The van der Waals surface area contributed by atoms with Gasteiger partial charge < -0.3 is 20.1 Å². The van der Waals surface area contributed by atoms with Gasteiger partial charge in [0, 0.05) is 56.0 Å². The van der Waals surface area contributed by atoms with Crippen molar-refractivity contribution in [3.63, 3.8) is 0 Å². The largest absolute Gasteiger partial charge is 0.348 e. The first-order valence-electron chi connectivity index (χ1n) is 8.83. The Morgan fingerprint density at radius 3 is 2.59 bits per heavy atom. The first-order chi connectivity index (χ1) is 12.6. The number of hydrogen-bond acceptors (Lipinski definition) is 5. The summed E-state index contributed by atoms with van der Waals surface area (Å²) in [5.41, 5.74) is -0.136. The van der Waals surface area contributed by atoms with Crippen LogP contribution in [0.4, 0.5) is 4.79 Å². The maximum atomic E-state index is 12.5. The SMILES string of the molecule is CC(C)NC(=O)N1C[C@H]2[C@H](NC(=O)c3ccn(C)c(=O)c3)CS(=O)(=O)[C@H]2C1. The van der Waals surface area contributed by atoms with Gasteiger partial charge in [0.05, 0.1) is 11.0 Å². The van der Waals surface area contributed by atoms with Crippen LogP contribution in [-0.2, 0) is 16.9 Å². The van der Waals surface area contributed by atoms with Crippen LogP contribution in [-0.4, -0.2) is 66.0 Å². The molecule has 0 unspecified atom stereocenters. The molecule has 2 saturated heterocycles. The standard InChI is InChI=1S/C17H24N4O5S/c1-10(2)18-17(24)21-7-12-13(9-27(25,26)14(12)8-21)19-16(23)11-4-5-20(3)15(22)6-11/h4-6,10,12-14H,7-9H2,1-3H3,(H,18,24)(H,19,23)/t12-,13+,14-/m0/s1. The van der Waals surface area contributed by atoms with Crippen LogP contribution < -0.4 is 16.2 Å². The molecule has 9 nitrogen and oxygen atoms in total. The number of nitrogens with zero attached hydrogens (tertiary/aromatic N) is 2. The molecule has 3 rings (SSSR count). The number of aryl methyl sites for hydroxylation is 1. The van der Waals surface area contributed by atoms with E-state index in [9.17, 15) is 22.8 Å². The molecule has 3 heterocycles. The van der Waals surface area contributed by atoms with Crippen LogP contribution in [0.1, 0.15) is 24.2 Å². The Labute approximate surface area is 157 Å². The number of rotatable bonds is 3. The molecule has 1 aromatic heterocycles. The summed E-state index contributed by atoms with van der Waals surface area (Å²) < 4.78 is 26.3. The van der Waals surface area contributed by atoms with Gasteiger partial charge in [0.15, 0.2) is 9.84 Å². The molecule has 10 heteroatoms. The van der Waals surface area contributed by atoms with Gasteiger partial charge in [-0.25, -0.2) is 13.2 Å². The Morgan fingerprint density at radius 2 is 1.96 bits per heavy atom. The van der Waals surface area contributed by atoms with Crippen molar-refractivity contribution < 1.29 is 18.0 Å². The maximum absolute atomic E-state index is 12.5. The minimum Gasteiger partial charge on any atom is -0.348 e. The Hall–Kier alpha value is -2.36. The Bertz CT molecular complexity index is 923. The topological polar surface area (TPSA) is 118 Å². The normalized spacial score (nSPS) is 26.1. The van der Waals surface area contributed by atoms with Gasteiger partial charge in [-0.2, -0.15) is 0 Å². The lowest BCUT2D eigenvalue weighted by Gasteiger charge is -2.22. The van der Waals surface area contributed by atoms with E-state index in [-0.39, 0.29) is 48.0 Å². The number of pyridine rings is 1. The van der Waals surface area contributed by atoms with Crippen molar-refractivity contribution in [3.8, 4) is 0 Å². The zero-order valence-electron chi connectivity index (χ0n) is 15.5. The maximum Gasteiger partial charge on any atom is 0.317 e. The molecular weight excluding hydrogens is 372 g/mol. The number of likely N-dealkylation sites (tertiary alicyclic amines) is 1. The Morgan fingerprint density at radius 1 is 1.26 bits per heavy atom. The Kier molecular flexibility index (Phi) is 5.02. The highest BCUT2D eigenvalue weighted by atomic mass is 32.2. The molecule has 27 heavy (non-hydrogen) atoms. The summed E-state index contributed by atoms with van der Waals surface area (Å²) in [6, 6.07) is 1.78. The van der Waals surface area contributed by atoms with Gasteiger partial charge in [-0.1, -0.05) is 0 Å². The molecule has 148 valence electrons. The highest BCUT2D eigenvalue weighted by molar-refractivity contribution is 7.92. The van der Waals surface area contributed by atoms with E-state index >= 15 is 0 Å². The average Bonchev–Trinajstić information content (AvgIpc) is 3.10. The monoisotopic (exact) mass is 396 g/mol. The third-order valence-corrected chi connectivity index (χ3v) is 7.33. The molecule has 3 atom stereocenters. The highest BCUT2D eigenvalue weighted by Crippen LogP contribution is 2.34. The molecule has 0 spiro atoms. The third-order valence-electron chi connectivity index (χ3n) is 5.08. The second-order valence-corrected chi connectivity index (χ2v) is 9.75. The van der Waals surface area contributed by atoms with Crippen LogP contribution >= 0.6 is 0 Å². The van der Waals surface area contributed by atoms with E-state index in [1.165, 1.54) is 27.8 Å². The predicted molar refractivity (Wildman–Crippen MR) is 99.2 cm³/mol. The fourth-order valence-corrected chi connectivity index (χ4v) is 5.95. The number of hydrogen-bond donors (Lipinski definition) is 2. The van der Waals surface area contributed by atoms with E-state index in [0.717, 1.165) is 0 Å². The predicted octanol–water partition coefficient (Wildman–Crippen LogP) is -0.669. The number of aromatic nitrogens is 1. The summed E-state index contributed by atoms with van der Waals surface area (Å²) in [4.78, 5) is 37.9. The van der Waals surface area contributed by atoms with Gasteiger partial charge in [0.25, 0.3) is 11.5 Å². The smallest absolute Gasteiger partial charge is 0.317 e. The summed E-state index contributed by atoms with van der Waals surface area (Å²) in [5.74, 6) is -1.000. The summed E-state index contributed by atoms with van der Waals surface area (Å²) in [7, 11) is -1.84. The first-order valence-corrected chi connectivity index (χ1v) is 10.5. The molecule has 2 fully saturated rings. The number of sulfone groups is 1. The lowest BCUT2D eigenvalue weighted by Crippen LogP contribution is -2.45. The lowest BCUT2D eigenvalue weighted by molar-refractivity contribution is 0.0931. The van der Waals surface area contributed by atoms with Gasteiger partial charge in [-0.3, -0.25) is 9.59 Å². The molecular formula is C17H24N4O5S. The molecule has 2 aliphatic heterocycles. The molecule has 0 bridgehead atoms. The van der Waals surface area contributed by atoms with Crippen molar-refractivity contribution in [2.75, 3.05) is 18.8 Å². The number of amides is 3. The summed E-state index contributed by atoms with van der Waals surface area (Å²) in [6.45, 7) is 4.06. The molecule has 2 aliphatic rings. The molecule has 0 saturated carbocycles. The summed E-state index contributed by atoms with van der Waals surface area (Å²) in [6.07, 6.45) is 1.49. The molecule has 1 aromatic rings. The third kappa shape index (κ3) is 3.85. The fraction of sp³-hybridized carbons (Fsp3) is 0.588. The van der Waals surface area contributed by atoms with E-state index in [0.29, 0.717) is 0 Å². The van der Waals surface area contributed by atoms with Crippen LogP contribution in [0, 0.1) is 5.92 Å². The van der Waals surface area contributed by atoms with Gasteiger partial charge in [0.1, 0.15) is 0 Å². The van der Waals surface area contributed by atoms with Gasteiger partial charge in [0.2, 0.25) is 0 Å². The van der Waals surface area contributed by atoms with Crippen LogP contribution in [0.25, 0.3) is 0 Å². The van der Waals surface area contributed by atoms with Crippen LogP contribution in [0.15, 0.2) is 23.1 Å². The van der Waals surface area contributed by atoms with E-state index in [1.807, 2.05) is 13.8 Å². The van der Waals surface area contributed by atoms with Crippen molar-refractivity contribution in [1.82, 2.24) is 20.1 Å². The van der Waals surface area contributed by atoms with Crippen molar-refractivity contribution in [3.05, 3.63) is 34.2 Å². The van der Waals surface area contributed by atoms with Crippen molar-refractivity contribution >= 4 is 21.8 Å². The average molecular weight is 396 g/mol. The molecule has 0 aromatic carbocycles. The van der Waals surface area contributed by atoms with Gasteiger partial charge in [-0.05, 0) is 19.9 Å². The van der Waals surface area contributed by atoms with Gasteiger partial charge >= 0.3 is 6.03 Å². The van der Waals surface area contributed by atoms with E-state index in [4.69, 9.17) is 0 Å². The number of carbonyl (C=O) groups is 2. The van der Waals surface area contributed by atoms with Crippen molar-refractivity contribution in [1.29, 1.82) is 0 Å². The minimum atomic E-state index is -3.41. The zero-order valence-corrected chi connectivity index (χ0v) is 16.3. The summed E-state index contributed by atoms with van der Waals surface area (Å²) in [5, 5.41) is 4.83. The highest BCUT2D eigenvalue weighted by Gasteiger charge is 2.53. The second kappa shape index (κ2) is 6.99. The number of fused-ring (bicyclic) bond motifs is 1. The van der Waals surface area contributed by atoms with Gasteiger partial charge in [-0.15, -0.1) is 0 Å². The Balaban J connectivity index is 1.75. The molecule has 2 N–H and O–H groups in total. The van der Waals surface area contributed by atoms with Crippen LogP contribution in [0.3, 0.4) is 0 Å². The quantitative estimate of drug-likeness (QED) is 0.703. The van der Waals surface area contributed by atoms with E-state index in [1.54, 1.807) is 7.05 Å². The van der Waals surface area contributed by atoms with Crippen LogP contribution in [0.2, 0.25) is 0 Å². The first kappa shape index (κ1) is 19.4. The van der Waals surface area contributed by atoms with E-state index < -0.39 is 27.0 Å². The summed E-state index contributed by atoms with van der Waals surface area (Å²) >= 11 is 0. The number of nitrogens with one attached hydrogen (secondary N) is 2. The molecule has 0 aliphatic carbocycles. The van der Waals surface area contributed by atoms with Crippen LogP contribution in [0.5, 0.6) is 0 Å². The van der Waals surface area contributed by atoms with Crippen molar-refractivity contribution in [2.45, 2.75) is 31.2 Å². The minimum absolute atomic E-state index is 0.0502. The second-order valence-electron chi connectivity index (χ2n) is 7.49. The number of carbonyl (C=O) groups excluding carboxylic acids is 2. The zero-order chi connectivity index (χ0) is 19.9. The molecule has 3 amide bonds. The lowest BCUT2D eigenvalue weighted by atomic mass is 10.00. The fourth-order valence-electron chi connectivity index (χ4n) is 3.66.